The molecule has 9 nitrogen and oxygen atoms in total. The van der Waals surface area contributed by atoms with E-state index in [0.29, 0.717) is 23.9 Å². The molecule has 0 aromatic carbocycles. The van der Waals surface area contributed by atoms with Crippen LogP contribution in [-0.2, 0) is 33.3 Å². The fraction of sp³-hybridized carbons (Fsp3) is 0.771. The van der Waals surface area contributed by atoms with Crippen molar-refractivity contribution in [1.82, 2.24) is 0 Å². The molecule has 0 aliphatic heterocycles. The van der Waals surface area contributed by atoms with Crippen molar-refractivity contribution in [3.05, 3.63) is 97.2 Å². The van der Waals surface area contributed by atoms with Crippen LogP contribution in [0.4, 0.5) is 0 Å². The molecule has 1 N–H and O–H groups in total. The number of quaternary nitrogens is 1. The van der Waals surface area contributed by atoms with E-state index >= 15 is 0 Å². The zero-order valence-electron chi connectivity index (χ0n) is 60.9. The minimum atomic E-state index is -1.52. The van der Waals surface area contributed by atoms with Gasteiger partial charge in [0.2, 0.25) is 0 Å². The molecule has 0 aromatic rings. The molecule has 0 saturated heterocycles. The average molecular weight is 1290 g/mol. The number of hydrogen-bond donors (Lipinski definition) is 1. The predicted molar refractivity (Wildman–Crippen MR) is 396 cm³/mol. The molecule has 0 radical (unpaired) electrons. The smallest absolute Gasteiger partial charge is 0.361 e. The van der Waals surface area contributed by atoms with E-state index in [4.69, 9.17) is 18.9 Å². The summed E-state index contributed by atoms with van der Waals surface area (Å²) < 4.78 is 23.0. The Kier molecular flexibility index (Phi) is 70.0. The lowest BCUT2D eigenvalue weighted by atomic mass is 10.0. The van der Waals surface area contributed by atoms with Gasteiger partial charge >= 0.3 is 17.9 Å². The molecule has 2 unspecified atom stereocenters. The molecule has 2 atom stereocenters. The standard InChI is InChI=1S/C83H147NO8/c1-6-8-10-12-14-16-18-20-22-24-26-28-30-32-34-36-38-40-42-43-45-47-49-51-53-55-57-59-61-63-65-67-69-71-73-80(85)90-77-79(78-91-83(82(87)88)89-76-75-84(3,4)5)92-81(86)74-72-70-68-66-64-62-60-58-56-54-52-50-48-46-44-41-39-37-35-33-31-29-27-25-23-21-19-17-15-13-11-9-7-2/h9,11,15,17,21,23,27,29,33,35,39,41,46,48,52,54,79,83H,6-8,10,12-14,16,18-20,22,24-26,28,30-32,34,36-38,40,42-45,47,49-51,53,55-78H2,1-5H3/p+1/b11-9-,17-15-,23-21-,29-27-,35-33-,41-39-,48-46-,54-52-. The van der Waals surface area contributed by atoms with Gasteiger partial charge in [-0.1, -0.05) is 361 Å². The Morgan fingerprint density at radius 2 is 0.620 bits per heavy atom. The second-order valence-corrected chi connectivity index (χ2v) is 27.3. The molecule has 0 aliphatic carbocycles. The molecule has 0 rings (SSSR count). The molecule has 9 heteroatoms. The van der Waals surface area contributed by atoms with Crippen LogP contribution in [0, 0.1) is 0 Å². The summed E-state index contributed by atoms with van der Waals surface area (Å²) in [4.78, 5) is 37.7. The summed E-state index contributed by atoms with van der Waals surface area (Å²) in [6.45, 7) is 4.80. The van der Waals surface area contributed by atoms with Crippen LogP contribution in [0.5, 0.6) is 0 Å². The lowest BCUT2D eigenvalue weighted by molar-refractivity contribution is -0.870. The van der Waals surface area contributed by atoms with Crippen LogP contribution in [-0.4, -0.2) is 87.4 Å². The number of likely N-dealkylation sites (N-methyl/N-ethyl adjacent to an activating group) is 1. The second kappa shape index (κ2) is 73.0. The number of ether oxygens (including phenoxy) is 4. The number of carboxylic acids is 1. The van der Waals surface area contributed by atoms with Crippen molar-refractivity contribution in [2.45, 2.75) is 367 Å². The van der Waals surface area contributed by atoms with Crippen molar-refractivity contribution in [1.29, 1.82) is 0 Å². The fourth-order valence-electron chi connectivity index (χ4n) is 11.2. The fourth-order valence-corrected chi connectivity index (χ4v) is 11.2. The maximum Gasteiger partial charge on any atom is 0.361 e. The molecular formula is C83H148NO8+. The minimum Gasteiger partial charge on any atom is -0.477 e. The number of allylic oxidation sites excluding steroid dienone is 16. The van der Waals surface area contributed by atoms with Gasteiger partial charge in [0.05, 0.1) is 34.4 Å². The van der Waals surface area contributed by atoms with Crippen molar-refractivity contribution < 1.29 is 42.9 Å². The van der Waals surface area contributed by atoms with Crippen molar-refractivity contribution in [2.75, 3.05) is 47.5 Å². The molecule has 532 valence electrons. The first-order valence-electron chi connectivity index (χ1n) is 38.9. The molecule has 0 spiro atoms. The van der Waals surface area contributed by atoms with Gasteiger partial charge in [0.1, 0.15) is 13.2 Å². The molecule has 0 heterocycles. The van der Waals surface area contributed by atoms with E-state index < -0.39 is 24.3 Å². The highest BCUT2D eigenvalue weighted by Crippen LogP contribution is 2.19. The number of esters is 2. The number of aliphatic carboxylic acids is 1. The third-order valence-corrected chi connectivity index (χ3v) is 17.1. The second-order valence-electron chi connectivity index (χ2n) is 27.3. The van der Waals surface area contributed by atoms with E-state index in [0.717, 1.165) is 96.3 Å². The summed E-state index contributed by atoms with van der Waals surface area (Å²) in [5, 5.41) is 9.77. The van der Waals surface area contributed by atoms with Crippen LogP contribution in [0.25, 0.3) is 0 Å². The Bertz CT molecular complexity index is 1840. The van der Waals surface area contributed by atoms with E-state index in [1.807, 2.05) is 21.1 Å². The van der Waals surface area contributed by atoms with Gasteiger partial charge in [-0.15, -0.1) is 0 Å². The van der Waals surface area contributed by atoms with E-state index in [1.54, 1.807) is 0 Å². The molecule has 0 bridgehead atoms. The van der Waals surface area contributed by atoms with Crippen LogP contribution < -0.4 is 0 Å². The van der Waals surface area contributed by atoms with E-state index in [-0.39, 0.29) is 32.2 Å². The molecule has 92 heavy (non-hydrogen) atoms. The summed E-state index contributed by atoms with van der Waals surface area (Å²) in [7, 11) is 5.98. The van der Waals surface area contributed by atoms with Gasteiger partial charge in [-0.2, -0.15) is 0 Å². The zero-order valence-corrected chi connectivity index (χ0v) is 60.9. The van der Waals surface area contributed by atoms with Crippen molar-refractivity contribution in [2.24, 2.45) is 0 Å². The third-order valence-electron chi connectivity index (χ3n) is 17.1. The quantitative estimate of drug-likeness (QED) is 0.0211. The largest absolute Gasteiger partial charge is 0.477 e. The normalized spacial score (nSPS) is 13.2. The summed E-state index contributed by atoms with van der Waals surface area (Å²) >= 11 is 0. The van der Waals surface area contributed by atoms with Crippen LogP contribution in [0.1, 0.15) is 354 Å². The topological polar surface area (TPSA) is 108 Å². The van der Waals surface area contributed by atoms with Crippen molar-refractivity contribution >= 4 is 17.9 Å². The van der Waals surface area contributed by atoms with Crippen LogP contribution in [0.3, 0.4) is 0 Å². The van der Waals surface area contributed by atoms with Gasteiger partial charge in [0.15, 0.2) is 6.10 Å². The van der Waals surface area contributed by atoms with Crippen LogP contribution in [0.2, 0.25) is 0 Å². The Morgan fingerprint density at radius 3 is 0.924 bits per heavy atom. The van der Waals surface area contributed by atoms with Gasteiger partial charge in [-0.3, -0.25) is 9.59 Å². The molecule has 0 fully saturated rings. The molecule has 0 aliphatic rings. The van der Waals surface area contributed by atoms with Gasteiger partial charge < -0.3 is 28.5 Å². The summed E-state index contributed by atoms with van der Waals surface area (Å²) in [6, 6.07) is 0. The molecular weight excluding hydrogens is 1140 g/mol. The highest BCUT2D eigenvalue weighted by Gasteiger charge is 2.25. The number of rotatable bonds is 72. The molecule has 0 aromatic heterocycles. The highest BCUT2D eigenvalue weighted by atomic mass is 16.7. The lowest BCUT2D eigenvalue weighted by Gasteiger charge is -2.25. The van der Waals surface area contributed by atoms with Gasteiger partial charge in [0, 0.05) is 12.8 Å². The third kappa shape index (κ3) is 73.6. The lowest BCUT2D eigenvalue weighted by Crippen LogP contribution is -2.40. The number of unbranched alkanes of at least 4 members (excludes halogenated alkanes) is 41. The van der Waals surface area contributed by atoms with Crippen LogP contribution in [0.15, 0.2) is 97.2 Å². The van der Waals surface area contributed by atoms with Gasteiger partial charge in [0.25, 0.3) is 6.29 Å². The number of carbonyl (C=O) groups excluding carboxylic acids is 2. The maximum absolute atomic E-state index is 13.0. The molecule has 0 amide bonds. The number of carbonyl (C=O) groups is 3. The van der Waals surface area contributed by atoms with Crippen LogP contribution >= 0.6 is 0 Å². The number of hydrogen-bond acceptors (Lipinski definition) is 7. The first-order valence-corrected chi connectivity index (χ1v) is 38.9. The number of nitrogens with zero attached hydrogens (tertiary/aromatic N) is 1. The first kappa shape index (κ1) is 88.2. The Labute approximate surface area is 569 Å². The average Bonchev–Trinajstić information content (AvgIpc) is 3.69. The molecule has 0 saturated carbocycles. The highest BCUT2D eigenvalue weighted by molar-refractivity contribution is 5.71. The van der Waals surface area contributed by atoms with Gasteiger partial charge in [-0.05, 0) is 77.0 Å². The number of carboxylic acid groups (broad SMARTS) is 1. The monoisotopic (exact) mass is 1290 g/mol. The summed E-state index contributed by atoms with van der Waals surface area (Å²) in [5.41, 5.74) is 0. The first-order chi connectivity index (χ1) is 45.1. The Balaban J connectivity index is 4.07. The zero-order chi connectivity index (χ0) is 66.8. The van der Waals surface area contributed by atoms with Gasteiger partial charge in [-0.25, -0.2) is 4.79 Å². The maximum atomic E-state index is 13.0. The van der Waals surface area contributed by atoms with Crippen molar-refractivity contribution in [3.8, 4) is 0 Å². The minimum absolute atomic E-state index is 0.183. The van der Waals surface area contributed by atoms with E-state index in [9.17, 15) is 19.5 Å². The van der Waals surface area contributed by atoms with Crippen molar-refractivity contribution in [3.63, 3.8) is 0 Å². The Morgan fingerprint density at radius 1 is 0.337 bits per heavy atom. The Hall–Kier alpha value is -3.79. The van der Waals surface area contributed by atoms with E-state index in [1.165, 1.54) is 225 Å². The summed E-state index contributed by atoms with van der Waals surface area (Å²) in [6.07, 6.45) is 98.4. The predicted octanol–water partition coefficient (Wildman–Crippen LogP) is 24.8. The SMILES string of the molecule is CC/C=C\C/C=C\C/C=C\C/C=C\C/C=C\C/C=C\C/C=C\C/C=C\CCCCCCCCCCC(=O)OC(COC(=O)CCCCCCCCCCCCCCCCCCCCCCCCCCCCCCCCCCCC)COC(OCC[N+](C)(C)C)C(=O)O. The van der Waals surface area contributed by atoms with E-state index in [2.05, 4.69) is 111 Å². The summed E-state index contributed by atoms with van der Waals surface area (Å²) in [5.74, 6) is -2.00.